The Labute approximate surface area is 191 Å². The molecule has 0 unspecified atom stereocenters. The van der Waals surface area contributed by atoms with Gasteiger partial charge < -0.3 is 20.3 Å². The number of pyridine rings is 1. The first-order chi connectivity index (χ1) is 15.8. The van der Waals surface area contributed by atoms with Crippen LogP contribution in [0.15, 0.2) is 66.4 Å². The van der Waals surface area contributed by atoms with E-state index in [2.05, 4.69) is 16.9 Å². The molecule has 0 aliphatic carbocycles. The van der Waals surface area contributed by atoms with Gasteiger partial charge in [-0.3, -0.25) is 9.59 Å². The molecular weight excluding hydrogens is 420 g/mol. The van der Waals surface area contributed by atoms with Crippen LogP contribution in [0.25, 0.3) is 23.8 Å². The molecule has 1 heterocycles. The van der Waals surface area contributed by atoms with Crippen molar-refractivity contribution in [3.63, 3.8) is 0 Å². The lowest BCUT2D eigenvalue weighted by Crippen LogP contribution is -2.35. The van der Waals surface area contributed by atoms with Crippen molar-refractivity contribution in [3.05, 3.63) is 88.3 Å². The third kappa shape index (κ3) is 5.86. The van der Waals surface area contributed by atoms with Crippen molar-refractivity contribution in [3.8, 4) is 22.6 Å². The summed E-state index contributed by atoms with van der Waals surface area (Å²) in [4.78, 5) is 27.0. The van der Waals surface area contributed by atoms with Gasteiger partial charge in [0.2, 0.25) is 0 Å². The maximum atomic E-state index is 12.2. The number of amides is 1. The number of hydrogen-bond acceptors (Lipinski definition) is 5. The first-order valence-corrected chi connectivity index (χ1v) is 10.2. The molecule has 3 N–H and O–H groups in total. The zero-order chi connectivity index (χ0) is 24.0. The maximum absolute atomic E-state index is 12.2. The lowest BCUT2D eigenvalue weighted by Gasteiger charge is -2.08. The number of rotatable bonds is 7. The second-order valence-electron chi connectivity index (χ2n) is 7.30. The van der Waals surface area contributed by atoms with E-state index in [1.165, 1.54) is 0 Å². The Morgan fingerprint density at radius 2 is 1.73 bits per heavy atom. The van der Waals surface area contributed by atoms with Gasteiger partial charge in [0.1, 0.15) is 18.1 Å². The number of carboxylic acids is 1. The van der Waals surface area contributed by atoms with E-state index in [0.717, 1.165) is 11.1 Å². The summed E-state index contributed by atoms with van der Waals surface area (Å²) in [6.45, 7) is 6.73. The molecule has 7 heteroatoms. The van der Waals surface area contributed by atoms with Gasteiger partial charge in [-0.25, -0.2) is 4.98 Å². The summed E-state index contributed by atoms with van der Waals surface area (Å²) in [6, 6.07) is 17.7. The molecule has 0 atom stereocenters. The SMILES string of the molecule is C=c1c(C)nc(C(=O)NCC(=O)O)c(O)/c1=C/C=C(\C)Oc1ccc(-c2ccccc2)cc1. The monoisotopic (exact) mass is 444 g/mol. The maximum Gasteiger partial charge on any atom is 0.322 e. The number of aromatic hydroxyl groups is 1. The van der Waals surface area contributed by atoms with Crippen LogP contribution in [0.3, 0.4) is 0 Å². The summed E-state index contributed by atoms with van der Waals surface area (Å²) in [5.41, 5.74) is 2.35. The molecule has 1 aromatic heterocycles. The number of aliphatic carboxylic acids is 1. The predicted molar refractivity (Wildman–Crippen MR) is 126 cm³/mol. The van der Waals surface area contributed by atoms with Gasteiger partial charge in [-0.15, -0.1) is 0 Å². The number of nitrogens with zero attached hydrogens (tertiary/aromatic N) is 1. The summed E-state index contributed by atoms with van der Waals surface area (Å²) >= 11 is 0. The Balaban J connectivity index is 1.84. The number of ether oxygens (including phenoxy) is 1. The molecule has 0 radical (unpaired) electrons. The van der Waals surface area contributed by atoms with Crippen LogP contribution in [0.2, 0.25) is 0 Å². The van der Waals surface area contributed by atoms with E-state index in [-0.39, 0.29) is 11.4 Å². The fraction of sp³-hybridized carbons (Fsp3) is 0.115. The number of carbonyl (C=O) groups excluding carboxylic acids is 1. The average molecular weight is 444 g/mol. The van der Waals surface area contributed by atoms with Crippen LogP contribution >= 0.6 is 0 Å². The molecule has 3 rings (SSSR count). The number of benzene rings is 2. The highest BCUT2D eigenvalue weighted by Gasteiger charge is 2.16. The molecule has 2 aromatic carbocycles. The Morgan fingerprint density at radius 1 is 1.09 bits per heavy atom. The van der Waals surface area contributed by atoms with Gasteiger partial charge in [0.15, 0.2) is 11.4 Å². The first kappa shape index (κ1) is 23.3. The molecule has 0 spiro atoms. The van der Waals surface area contributed by atoms with Crippen LogP contribution in [0.5, 0.6) is 11.5 Å². The highest BCUT2D eigenvalue weighted by Crippen LogP contribution is 2.23. The van der Waals surface area contributed by atoms with Crippen molar-refractivity contribution >= 4 is 24.5 Å². The first-order valence-electron chi connectivity index (χ1n) is 10.2. The van der Waals surface area contributed by atoms with Gasteiger partial charge in [0, 0.05) is 10.9 Å². The molecular formula is C26H24N2O5. The van der Waals surface area contributed by atoms with Gasteiger partial charge >= 0.3 is 5.97 Å². The third-order valence-electron chi connectivity index (χ3n) is 4.86. The largest absolute Gasteiger partial charge is 0.505 e. The van der Waals surface area contributed by atoms with Gasteiger partial charge in [-0.05, 0) is 54.5 Å². The van der Waals surface area contributed by atoms with Crippen LogP contribution < -0.4 is 20.5 Å². The molecule has 0 saturated carbocycles. The van der Waals surface area contributed by atoms with Crippen molar-refractivity contribution in [1.82, 2.24) is 10.3 Å². The molecule has 0 bridgehead atoms. The Morgan fingerprint density at radius 3 is 2.36 bits per heavy atom. The van der Waals surface area contributed by atoms with Crippen LogP contribution in [0, 0.1) is 6.92 Å². The van der Waals surface area contributed by atoms with Crippen molar-refractivity contribution in [2.24, 2.45) is 0 Å². The summed E-state index contributed by atoms with van der Waals surface area (Å²) in [6.07, 6.45) is 3.22. The van der Waals surface area contributed by atoms with E-state index in [4.69, 9.17) is 9.84 Å². The summed E-state index contributed by atoms with van der Waals surface area (Å²) < 4.78 is 5.85. The number of carbonyl (C=O) groups is 2. The van der Waals surface area contributed by atoms with Crippen LogP contribution in [0.1, 0.15) is 23.1 Å². The second kappa shape index (κ2) is 10.3. The highest BCUT2D eigenvalue weighted by atomic mass is 16.5. The fourth-order valence-electron chi connectivity index (χ4n) is 3.10. The molecule has 7 nitrogen and oxygen atoms in total. The minimum Gasteiger partial charge on any atom is -0.505 e. The molecule has 0 aliphatic heterocycles. The standard InChI is InChI=1S/C26H24N2O5/c1-16(33-21-12-10-20(11-13-21)19-7-5-4-6-8-19)9-14-22-17(2)18(3)28-24(25(22)31)26(32)27-15-23(29)30/h4-14,31H,2,15H2,1,3H3,(H,27,32)(H,29,30)/b16-9+,22-14+. The number of hydrogen-bond donors (Lipinski definition) is 3. The number of nitrogens with one attached hydrogen (secondary N) is 1. The summed E-state index contributed by atoms with van der Waals surface area (Å²) in [5, 5.41) is 22.2. The molecule has 3 aromatic rings. The molecule has 0 fully saturated rings. The smallest absolute Gasteiger partial charge is 0.322 e. The Bertz CT molecular complexity index is 1310. The van der Waals surface area contributed by atoms with Crippen molar-refractivity contribution in [1.29, 1.82) is 0 Å². The number of carboxylic acid groups (broad SMARTS) is 1. The van der Waals surface area contributed by atoms with E-state index < -0.39 is 18.4 Å². The lowest BCUT2D eigenvalue weighted by atomic mass is 10.1. The zero-order valence-electron chi connectivity index (χ0n) is 18.3. The number of aromatic nitrogens is 1. The summed E-state index contributed by atoms with van der Waals surface area (Å²) in [5.74, 6) is -1.18. The van der Waals surface area contributed by atoms with E-state index in [1.54, 1.807) is 26.0 Å². The Kier molecular flexibility index (Phi) is 7.25. The minimum absolute atomic E-state index is 0.268. The molecule has 1 amide bonds. The predicted octanol–water partition coefficient (Wildman–Crippen LogP) is 2.75. The van der Waals surface area contributed by atoms with Gasteiger partial charge in [0.25, 0.3) is 5.91 Å². The van der Waals surface area contributed by atoms with Gasteiger partial charge in [-0.1, -0.05) is 49.0 Å². The van der Waals surface area contributed by atoms with Crippen LogP contribution in [0.4, 0.5) is 0 Å². The Hall–Kier alpha value is -4.39. The highest BCUT2D eigenvalue weighted by molar-refractivity contribution is 5.96. The van der Waals surface area contributed by atoms with Crippen LogP contribution in [-0.2, 0) is 4.79 Å². The fourth-order valence-corrected chi connectivity index (χ4v) is 3.10. The third-order valence-corrected chi connectivity index (χ3v) is 4.86. The lowest BCUT2D eigenvalue weighted by molar-refractivity contribution is -0.135. The zero-order valence-corrected chi connectivity index (χ0v) is 18.3. The second-order valence-corrected chi connectivity index (χ2v) is 7.30. The van der Waals surface area contributed by atoms with Crippen molar-refractivity contribution in [2.75, 3.05) is 6.54 Å². The summed E-state index contributed by atoms with van der Waals surface area (Å²) in [7, 11) is 0. The quantitative estimate of drug-likeness (QED) is 0.484. The van der Waals surface area contributed by atoms with Crippen molar-refractivity contribution in [2.45, 2.75) is 13.8 Å². The van der Waals surface area contributed by atoms with Crippen molar-refractivity contribution < 1.29 is 24.5 Å². The average Bonchev–Trinajstić information content (AvgIpc) is 2.81. The topological polar surface area (TPSA) is 109 Å². The van der Waals surface area contributed by atoms with E-state index in [9.17, 15) is 14.7 Å². The molecule has 0 aliphatic rings. The molecule has 168 valence electrons. The minimum atomic E-state index is -1.20. The molecule has 0 saturated heterocycles. The molecule has 33 heavy (non-hydrogen) atoms. The van der Waals surface area contributed by atoms with E-state index in [1.807, 2.05) is 54.6 Å². The van der Waals surface area contributed by atoms with Crippen LogP contribution in [-0.4, -0.2) is 33.6 Å². The van der Waals surface area contributed by atoms with E-state index in [0.29, 0.717) is 27.6 Å². The number of aryl methyl sites for hydroxylation is 1. The normalized spacial score (nSPS) is 11.8. The van der Waals surface area contributed by atoms with E-state index >= 15 is 0 Å². The van der Waals surface area contributed by atoms with Gasteiger partial charge in [-0.2, -0.15) is 0 Å². The number of allylic oxidation sites excluding steroid dienone is 2. The van der Waals surface area contributed by atoms with Gasteiger partial charge in [0.05, 0.1) is 0 Å².